The molecule has 0 aliphatic carbocycles. The molecule has 1 atom stereocenters. The summed E-state index contributed by atoms with van der Waals surface area (Å²) in [6, 6.07) is 1.96. The van der Waals surface area contributed by atoms with E-state index in [1.165, 1.54) is 0 Å². The zero-order valence-electron chi connectivity index (χ0n) is 10.7. The third-order valence-electron chi connectivity index (χ3n) is 2.50. The molecule has 0 fully saturated rings. The van der Waals surface area contributed by atoms with Crippen LogP contribution in [0, 0.1) is 5.41 Å². The Morgan fingerprint density at radius 1 is 1.38 bits per heavy atom. The van der Waals surface area contributed by atoms with Gasteiger partial charge in [-0.05, 0) is 23.5 Å². The normalized spacial score (nSPS) is 13.6. The molecule has 1 heterocycles. The van der Waals surface area contributed by atoms with Crippen LogP contribution in [0.3, 0.4) is 0 Å². The molecule has 0 saturated carbocycles. The molecule has 0 spiro atoms. The van der Waals surface area contributed by atoms with E-state index in [1.54, 1.807) is 6.20 Å². The zero-order valence-corrected chi connectivity index (χ0v) is 10.7. The number of hydrogen-bond donors (Lipinski definition) is 1. The number of pyridine rings is 1. The van der Waals surface area contributed by atoms with Crippen molar-refractivity contribution in [3.05, 3.63) is 24.0 Å². The number of nitrogens with zero attached hydrogens (tertiary/aromatic N) is 1. The molecule has 1 rings (SSSR count). The Kier molecular flexibility index (Phi) is 4.30. The second-order valence-corrected chi connectivity index (χ2v) is 5.15. The van der Waals surface area contributed by atoms with Gasteiger partial charge in [0.05, 0.1) is 12.8 Å². The standard InChI is InChI=1S/C13H22N2O/c1-5-6-16-11-7-10(8-15-9-11)12(14)13(2,3)4/h7-9,12H,5-6,14H2,1-4H3. The van der Waals surface area contributed by atoms with E-state index in [-0.39, 0.29) is 11.5 Å². The average Bonchev–Trinajstić information content (AvgIpc) is 2.24. The Balaban J connectivity index is 2.81. The summed E-state index contributed by atoms with van der Waals surface area (Å²) >= 11 is 0. The van der Waals surface area contributed by atoms with Crippen LogP contribution in [0.1, 0.15) is 45.7 Å². The highest BCUT2D eigenvalue weighted by atomic mass is 16.5. The van der Waals surface area contributed by atoms with Gasteiger partial charge < -0.3 is 10.5 Å². The maximum absolute atomic E-state index is 6.17. The Morgan fingerprint density at radius 3 is 2.62 bits per heavy atom. The quantitative estimate of drug-likeness (QED) is 0.852. The predicted molar refractivity (Wildman–Crippen MR) is 66.4 cm³/mol. The van der Waals surface area contributed by atoms with Crippen LogP contribution in [0.15, 0.2) is 18.5 Å². The first kappa shape index (κ1) is 13.0. The van der Waals surface area contributed by atoms with E-state index >= 15 is 0 Å². The van der Waals surface area contributed by atoms with Crippen molar-refractivity contribution in [1.29, 1.82) is 0 Å². The van der Waals surface area contributed by atoms with E-state index in [4.69, 9.17) is 10.5 Å². The Labute approximate surface area is 98.0 Å². The molecule has 0 bridgehead atoms. The fourth-order valence-electron chi connectivity index (χ4n) is 1.40. The van der Waals surface area contributed by atoms with Gasteiger partial charge in [-0.3, -0.25) is 4.98 Å². The van der Waals surface area contributed by atoms with Gasteiger partial charge in [-0.15, -0.1) is 0 Å². The van der Waals surface area contributed by atoms with Crippen LogP contribution < -0.4 is 10.5 Å². The monoisotopic (exact) mass is 222 g/mol. The molecular formula is C13H22N2O. The van der Waals surface area contributed by atoms with Gasteiger partial charge in [0.1, 0.15) is 5.75 Å². The molecule has 0 aromatic carbocycles. The van der Waals surface area contributed by atoms with Crippen molar-refractivity contribution < 1.29 is 4.74 Å². The minimum Gasteiger partial charge on any atom is -0.492 e. The fraction of sp³-hybridized carbons (Fsp3) is 0.615. The summed E-state index contributed by atoms with van der Waals surface area (Å²) in [6.07, 6.45) is 4.54. The molecule has 1 aromatic rings. The maximum Gasteiger partial charge on any atom is 0.137 e. The van der Waals surface area contributed by atoms with Crippen LogP contribution in [-0.2, 0) is 0 Å². The third-order valence-corrected chi connectivity index (χ3v) is 2.50. The summed E-state index contributed by atoms with van der Waals surface area (Å²) in [5, 5.41) is 0. The second-order valence-electron chi connectivity index (χ2n) is 5.15. The fourth-order valence-corrected chi connectivity index (χ4v) is 1.40. The van der Waals surface area contributed by atoms with Crippen LogP contribution in [0.25, 0.3) is 0 Å². The lowest BCUT2D eigenvalue weighted by molar-refractivity contribution is 0.309. The first-order chi connectivity index (χ1) is 7.45. The lowest BCUT2D eigenvalue weighted by Gasteiger charge is -2.27. The molecule has 1 aromatic heterocycles. The van der Waals surface area contributed by atoms with Crippen LogP contribution in [0.2, 0.25) is 0 Å². The molecule has 0 saturated heterocycles. The van der Waals surface area contributed by atoms with Crippen LogP contribution >= 0.6 is 0 Å². The van der Waals surface area contributed by atoms with Gasteiger partial charge in [-0.25, -0.2) is 0 Å². The van der Waals surface area contributed by atoms with Crippen molar-refractivity contribution in [1.82, 2.24) is 4.98 Å². The van der Waals surface area contributed by atoms with Gasteiger partial charge in [0, 0.05) is 12.2 Å². The van der Waals surface area contributed by atoms with Crippen LogP contribution in [0.4, 0.5) is 0 Å². The second kappa shape index (κ2) is 5.30. The molecule has 0 amide bonds. The average molecular weight is 222 g/mol. The number of nitrogens with two attached hydrogens (primary N) is 1. The van der Waals surface area contributed by atoms with E-state index in [2.05, 4.69) is 32.7 Å². The van der Waals surface area contributed by atoms with Gasteiger partial charge in [0.15, 0.2) is 0 Å². The SMILES string of the molecule is CCCOc1cncc(C(N)C(C)(C)C)c1. The van der Waals surface area contributed by atoms with Crippen LogP contribution in [-0.4, -0.2) is 11.6 Å². The Morgan fingerprint density at radius 2 is 2.06 bits per heavy atom. The predicted octanol–water partition coefficient (Wildman–Crippen LogP) is 2.92. The summed E-state index contributed by atoms with van der Waals surface area (Å²) < 4.78 is 5.54. The van der Waals surface area contributed by atoms with Crippen molar-refractivity contribution in [2.75, 3.05) is 6.61 Å². The molecule has 0 aliphatic heterocycles. The number of hydrogen-bond acceptors (Lipinski definition) is 3. The van der Waals surface area contributed by atoms with Gasteiger partial charge >= 0.3 is 0 Å². The topological polar surface area (TPSA) is 48.1 Å². The highest BCUT2D eigenvalue weighted by Crippen LogP contribution is 2.31. The molecular weight excluding hydrogens is 200 g/mol. The van der Waals surface area contributed by atoms with Gasteiger partial charge in [0.25, 0.3) is 0 Å². The number of aromatic nitrogens is 1. The first-order valence-electron chi connectivity index (χ1n) is 5.78. The van der Waals surface area contributed by atoms with Crippen molar-refractivity contribution in [3.63, 3.8) is 0 Å². The molecule has 90 valence electrons. The molecule has 3 heteroatoms. The molecule has 0 radical (unpaired) electrons. The third kappa shape index (κ3) is 3.49. The molecule has 16 heavy (non-hydrogen) atoms. The minimum atomic E-state index is -0.0230. The van der Waals surface area contributed by atoms with E-state index in [1.807, 2.05) is 12.3 Å². The van der Waals surface area contributed by atoms with Crippen LogP contribution in [0.5, 0.6) is 5.75 Å². The van der Waals surface area contributed by atoms with Gasteiger partial charge in [-0.2, -0.15) is 0 Å². The molecule has 2 N–H and O–H groups in total. The van der Waals surface area contributed by atoms with Crippen molar-refractivity contribution >= 4 is 0 Å². The van der Waals surface area contributed by atoms with E-state index in [0.29, 0.717) is 0 Å². The minimum absolute atomic E-state index is 0.0230. The summed E-state index contributed by atoms with van der Waals surface area (Å²) in [4.78, 5) is 4.17. The lowest BCUT2D eigenvalue weighted by atomic mass is 9.84. The van der Waals surface area contributed by atoms with E-state index < -0.39 is 0 Å². The summed E-state index contributed by atoms with van der Waals surface area (Å²) in [5.74, 6) is 0.805. The summed E-state index contributed by atoms with van der Waals surface area (Å²) in [5.41, 5.74) is 7.24. The lowest BCUT2D eigenvalue weighted by Crippen LogP contribution is -2.26. The largest absolute Gasteiger partial charge is 0.492 e. The highest BCUT2D eigenvalue weighted by molar-refractivity contribution is 5.26. The summed E-state index contributed by atoms with van der Waals surface area (Å²) in [6.45, 7) is 9.17. The summed E-state index contributed by atoms with van der Waals surface area (Å²) in [7, 11) is 0. The molecule has 3 nitrogen and oxygen atoms in total. The van der Waals surface area contributed by atoms with Crippen molar-refractivity contribution in [2.24, 2.45) is 11.1 Å². The molecule has 0 aliphatic rings. The number of rotatable bonds is 4. The zero-order chi connectivity index (χ0) is 12.2. The van der Waals surface area contributed by atoms with Crippen molar-refractivity contribution in [2.45, 2.75) is 40.2 Å². The Bertz CT molecular complexity index is 331. The van der Waals surface area contributed by atoms with Gasteiger partial charge in [-0.1, -0.05) is 27.7 Å². The Hall–Kier alpha value is -1.09. The van der Waals surface area contributed by atoms with E-state index in [0.717, 1.165) is 24.3 Å². The highest BCUT2D eigenvalue weighted by Gasteiger charge is 2.22. The smallest absolute Gasteiger partial charge is 0.137 e. The first-order valence-corrected chi connectivity index (χ1v) is 5.78. The maximum atomic E-state index is 6.17. The molecule has 1 unspecified atom stereocenters. The van der Waals surface area contributed by atoms with Gasteiger partial charge in [0.2, 0.25) is 0 Å². The van der Waals surface area contributed by atoms with Crippen molar-refractivity contribution in [3.8, 4) is 5.75 Å². The van der Waals surface area contributed by atoms with E-state index in [9.17, 15) is 0 Å². The number of ether oxygens (including phenoxy) is 1.